The van der Waals surface area contributed by atoms with Crippen LogP contribution < -0.4 is 8.92 Å². The average Bonchev–Trinajstić information content (AvgIpc) is 2.83. The molecule has 0 radical (unpaired) electrons. The first-order chi connectivity index (χ1) is 17.0. The molecule has 0 spiro atoms. The molecular weight excluding hydrogens is 491 g/mol. The molecule has 0 aliphatic carbocycles. The van der Waals surface area contributed by atoms with Crippen LogP contribution in [0.5, 0.6) is 11.5 Å². The molecule has 36 heavy (non-hydrogen) atoms. The highest BCUT2D eigenvalue weighted by Gasteiger charge is 2.48. The third-order valence-electron chi connectivity index (χ3n) is 5.36. The van der Waals surface area contributed by atoms with Crippen molar-refractivity contribution in [3.05, 3.63) is 95.6 Å². The van der Waals surface area contributed by atoms with E-state index in [1.807, 2.05) is 80.5 Å². The van der Waals surface area contributed by atoms with E-state index in [0.29, 0.717) is 18.6 Å². The smallest absolute Gasteiger partial charge is 0.492 e. The predicted molar refractivity (Wildman–Crippen MR) is 135 cm³/mol. The van der Waals surface area contributed by atoms with Gasteiger partial charge in [-0.05, 0) is 72.6 Å². The summed E-state index contributed by atoms with van der Waals surface area (Å²) in [5.41, 5.74) is -1.03. The molecule has 192 valence electrons. The van der Waals surface area contributed by atoms with Gasteiger partial charge in [0.15, 0.2) is 0 Å². The number of ether oxygens (including phenoxy) is 1. The number of likely N-dealkylation sites (N-methyl/N-ethyl adjacent to an activating group) is 1. The number of hydrogen-bond donors (Lipinski definition) is 0. The summed E-state index contributed by atoms with van der Waals surface area (Å²) >= 11 is 0. The Hall–Kier alpha value is -3.30. The van der Waals surface area contributed by atoms with Crippen molar-refractivity contribution in [2.45, 2.75) is 18.9 Å². The molecule has 0 N–H and O–H groups in total. The van der Waals surface area contributed by atoms with Gasteiger partial charge in [0.2, 0.25) is 0 Å². The molecular formula is C27H28F3NO4S. The summed E-state index contributed by atoms with van der Waals surface area (Å²) in [5, 5.41) is 0. The molecule has 0 fully saturated rings. The maximum absolute atomic E-state index is 12.7. The number of hydrogen-bond acceptors (Lipinski definition) is 5. The van der Waals surface area contributed by atoms with Crippen LogP contribution >= 0.6 is 0 Å². The zero-order valence-electron chi connectivity index (χ0n) is 20.2. The van der Waals surface area contributed by atoms with Crippen LogP contribution in [-0.4, -0.2) is 46.1 Å². The van der Waals surface area contributed by atoms with Gasteiger partial charge >= 0.3 is 15.6 Å². The largest absolute Gasteiger partial charge is 0.534 e. The second-order valence-corrected chi connectivity index (χ2v) is 9.79. The van der Waals surface area contributed by atoms with Gasteiger partial charge in [0.05, 0.1) is 0 Å². The second kappa shape index (κ2) is 11.6. The van der Waals surface area contributed by atoms with Crippen molar-refractivity contribution in [2.24, 2.45) is 0 Å². The minimum atomic E-state index is -5.75. The fourth-order valence-electron chi connectivity index (χ4n) is 3.59. The van der Waals surface area contributed by atoms with E-state index in [2.05, 4.69) is 4.18 Å². The monoisotopic (exact) mass is 519 g/mol. The van der Waals surface area contributed by atoms with E-state index in [1.165, 1.54) is 12.1 Å². The molecule has 0 aliphatic heterocycles. The lowest BCUT2D eigenvalue weighted by Crippen LogP contribution is -2.28. The summed E-state index contributed by atoms with van der Waals surface area (Å²) in [6, 6.07) is 22.9. The van der Waals surface area contributed by atoms with Crippen molar-refractivity contribution in [1.82, 2.24) is 4.90 Å². The molecule has 5 nitrogen and oxygen atoms in total. The first-order valence-electron chi connectivity index (χ1n) is 11.3. The predicted octanol–water partition coefficient (Wildman–Crippen LogP) is 6.22. The Bertz CT molecular complexity index is 1270. The minimum Gasteiger partial charge on any atom is -0.492 e. The van der Waals surface area contributed by atoms with E-state index in [-0.39, 0.29) is 0 Å². The van der Waals surface area contributed by atoms with Gasteiger partial charge < -0.3 is 13.8 Å². The quantitative estimate of drug-likeness (QED) is 0.181. The highest BCUT2D eigenvalue weighted by molar-refractivity contribution is 7.88. The van der Waals surface area contributed by atoms with Crippen molar-refractivity contribution >= 4 is 21.3 Å². The summed E-state index contributed by atoms with van der Waals surface area (Å²) in [7, 11) is -1.81. The number of halogens is 3. The van der Waals surface area contributed by atoms with Gasteiger partial charge in [0.1, 0.15) is 18.1 Å². The Morgan fingerprint density at radius 2 is 1.33 bits per heavy atom. The summed E-state index contributed by atoms with van der Waals surface area (Å²) in [5.74, 6) is 0.302. The van der Waals surface area contributed by atoms with E-state index in [9.17, 15) is 21.6 Å². The van der Waals surface area contributed by atoms with E-state index in [4.69, 9.17) is 4.74 Å². The van der Waals surface area contributed by atoms with Crippen molar-refractivity contribution in [3.8, 4) is 11.5 Å². The topological polar surface area (TPSA) is 55.8 Å². The molecule has 3 aromatic rings. The van der Waals surface area contributed by atoms with Gasteiger partial charge in [-0.2, -0.15) is 21.6 Å². The van der Waals surface area contributed by atoms with Gasteiger partial charge in [-0.15, -0.1) is 0 Å². The van der Waals surface area contributed by atoms with Gasteiger partial charge in [0.25, 0.3) is 0 Å². The number of allylic oxidation sites excluding steroid dienone is 1. The van der Waals surface area contributed by atoms with Crippen molar-refractivity contribution < 1.29 is 30.5 Å². The lowest BCUT2D eigenvalue weighted by Gasteiger charge is -2.17. The summed E-state index contributed by atoms with van der Waals surface area (Å²) in [4.78, 5) is 2.02. The Morgan fingerprint density at radius 1 is 0.806 bits per heavy atom. The van der Waals surface area contributed by atoms with E-state index < -0.39 is 21.4 Å². The lowest BCUT2D eigenvalue weighted by molar-refractivity contribution is -0.0500. The maximum atomic E-state index is 12.7. The van der Waals surface area contributed by atoms with E-state index in [1.54, 1.807) is 12.1 Å². The maximum Gasteiger partial charge on any atom is 0.534 e. The van der Waals surface area contributed by atoms with Crippen LogP contribution in [0.2, 0.25) is 0 Å². The summed E-state index contributed by atoms with van der Waals surface area (Å²) in [6.07, 6.45) is 0.682. The molecule has 0 aromatic heterocycles. The van der Waals surface area contributed by atoms with Crippen LogP contribution in [0.25, 0.3) is 11.1 Å². The lowest BCUT2D eigenvalue weighted by atomic mass is 9.88. The number of alkyl halides is 3. The second-order valence-electron chi connectivity index (χ2n) is 8.26. The first kappa shape index (κ1) is 27.3. The van der Waals surface area contributed by atoms with Crippen LogP contribution in [0.4, 0.5) is 13.2 Å². The molecule has 0 atom stereocenters. The number of benzene rings is 3. The zero-order chi connectivity index (χ0) is 26.3. The molecule has 3 rings (SSSR count). The highest BCUT2D eigenvalue weighted by Crippen LogP contribution is 2.36. The van der Waals surface area contributed by atoms with Gasteiger partial charge in [-0.25, -0.2) is 0 Å². The van der Waals surface area contributed by atoms with Crippen molar-refractivity contribution in [3.63, 3.8) is 0 Å². The standard InChI is InChI=1S/C27H28F3NO4S/c1-4-25(20-8-6-5-7-9-20)26(21-10-14-23(15-11-21)34-19-18-31(2)3)22-12-16-24(17-13-22)35-36(32,33)27(28,29)30/h5-17H,4,18-19H2,1-3H3. The summed E-state index contributed by atoms with van der Waals surface area (Å²) in [6.45, 7) is 3.34. The van der Waals surface area contributed by atoms with Crippen LogP contribution in [0.1, 0.15) is 30.0 Å². The normalized spacial score (nSPS) is 12.9. The van der Waals surface area contributed by atoms with Crippen molar-refractivity contribution in [1.29, 1.82) is 0 Å². The third kappa shape index (κ3) is 6.89. The summed E-state index contributed by atoms with van der Waals surface area (Å²) < 4.78 is 70.9. The molecule has 0 heterocycles. The van der Waals surface area contributed by atoms with Crippen LogP contribution in [0.15, 0.2) is 78.9 Å². The molecule has 0 saturated heterocycles. The minimum absolute atomic E-state index is 0.419. The molecule has 9 heteroatoms. The van der Waals surface area contributed by atoms with Gasteiger partial charge in [-0.3, -0.25) is 0 Å². The fourth-order valence-corrected chi connectivity index (χ4v) is 4.05. The fraction of sp³-hybridized carbons (Fsp3) is 0.259. The molecule has 0 aliphatic rings. The van der Waals surface area contributed by atoms with Gasteiger partial charge in [0, 0.05) is 6.54 Å². The van der Waals surface area contributed by atoms with Crippen LogP contribution in [0, 0.1) is 0 Å². The van der Waals surface area contributed by atoms with Crippen molar-refractivity contribution in [2.75, 3.05) is 27.2 Å². The Labute approximate surface area is 209 Å². The van der Waals surface area contributed by atoms with E-state index >= 15 is 0 Å². The van der Waals surface area contributed by atoms with E-state index in [0.717, 1.165) is 34.6 Å². The SMILES string of the molecule is CCC(=C(c1ccc(OCCN(C)C)cc1)c1ccc(OS(=O)(=O)C(F)(F)F)cc1)c1ccccc1. The Balaban J connectivity index is 2.01. The van der Waals surface area contributed by atoms with Crippen LogP contribution in [0.3, 0.4) is 0 Å². The zero-order valence-corrected chi connectivity index (χ0v) is 21.1. The Morgan fingerprint density at radius 3 is 1.81 bits per heavy atom. The first-order valence-corrected chi connectivity index (χ1v) is 12.7. The number of rotatable bonds is 10. The molecule has 0 unspecified atom stereocenters. The third-order valence-corrected chi connectivity index (χ3v) is 6.34. The molecule has 3 aromatic carbocycles. The molecule has 0 bridgehead atoms. The molecule has 0 amide bonds. The number of nitrogens with zero attached hydrogens (tertiary/aromatic N) is 1. The van der Waals surface area contributed by atoms with Gasteiger partial charge in [-0.1, -0.05) is 61.5 Å². The highest BCUT2D eigenvalue weighted by atomic mass is 32.2. The average molecular weight is 520 g/mol. The Kier molecular flexibility index (Phi) is 8.81. The van der Waals surface area contributed by atoms with Crippen LogP contribution in [-0.2, 0) is 10.1 Å². The molecule has 0 saturated carbocycles.